The molecule has 122 valence electrons. The summed E-state index contributed by atoms with van der Waals surface area (Å²) in [4.78, 5) is 14.0. The number of hydrogen-bond donors (Lipinski definition) is 1. The Labute approximate surface area is 134 Å². The summed E-state index contributed by atoms with van der Waals surface area (Å²) in [7, 11) is 0. The first-order valence-electron chi connectivity index (χ1n) is 7.87. The molecule has 1 amide bonds. The van der Waals surface area contributed by atoms with Gasteiger partial charge < -0.3 is 14.4 Å². The van der Waals surface area contributed by atoms with Gasteiger partial charge in [0.1, 0.15) is 11.6 Å². The SMILES string of the molecule is O=C(Cc1ccco1)N1CCC(C(O)c2ccc(F)cc2)CC1. The van der Waals surface area contributed by atoms with E-state index in [1.54, 1.807) is 30.5 Å². The molecule has 1 fully saturated rings. The highest BCUT2D eigenvalue weighted by atomic mass is 19.1. The van der Waals surface area contributed by atoms with Crippen molar-refractivity contribution in [2.24, 2.45) is 5.92 Å². The number of halogens is 1. The van der Waals surface area contributed by atoms with E-state index in [0.29, 0.717) is 18.8 Å². The third-order valence-electron chi connectivity index (χ3n) is 4.46. The van der Waals surface area contributed by atoms with Gasteiger partial charge in [-0.1, -0.05) is 12.1 Å². The van der Waals surface area contributed by atoms with Crippen LogP contribution in [0.4, 0.5) is 4.39 Å². The highest BCUT2D eigenvalue weighted by Gasteiger charge is 2.28. The molecule has 4 nitrogen and oxygen atoms in total. The number of carbonyl (C=O) groups excluding carboxylic acids is 1. The molecule has 5 heteroatoms. The maximum absolute atomic E-state index is 13.0. The number of aliphatic hydroxyl groups is 1. The number of nitrogens with zero attached hydrogens (tertiary/aromatic N) is 1. The molecule has 0 saturated carbocycles. The van der Waals surface area contributed by atoms with Crippen molar-refractivity contribution in [2.45, 2.75) is 25.4 Å². The largest absolute Gasteiger partial charge is 0.469 e. The lowest BCUT2D eigenvalue weighted by molar-refractivity contribution is -0.132. The fourth-order valence-electron chi connectivity index (χ4n) is 3.07. The highest BCUT2D eigenvalue weighted by Crippen LogP contribution is 2.31. The lowest BCUT2D eigenvalue weighted by Crippen LogP contribution is -2.40. The van der Waals surface area contributed by atoms with E-state index < -0.39 is 6.10 Å². The molecule has 1 aliphatic rings. The van der Waals surface area contributed by atoms with Gasteiger partial charge in [-0.25, -0.2) is 4.39 Å². The smallest absolute Gasteiger partial charge is 0.230 e. The molecule has 23 heavy (non-hydrogen) atoms. The van der Waals surface area contributed by atoms with Crippen molar-refractivity contribution >= 4 is 5.91 Å². The number of carbonyl (C=O) groups is 1. The van der Waals surface area contributed by atoms with Gasteiger partial charge in [-0.3, -0.25) is 4.79 Å². The molecule has 0 bridgehead atoms. The van der Waals surface area contributed by atoms with Gasteiger partial charge in [-0.15, -0.1) is 0 Å². The number of furan rings is 1. The molecule has 1 atom stereocenters. The van der Waals surface area contributed by atoms with E-state index in [9.17, 15) is 14.3 Å². The van der Waals surface area contributed by atoms with Crippen molar-refractivity contribution in [1.29, 1.82) is 0 Å². The molecule has 2 heterocycles. The molecule has 1 aromatic heterocycles. The number of likely N-dealkylation sites (tertiary alicyclic amines) is 1. The lowest BCUT2D eigenvalue weighted by Gasteiger charge is -2.34. The maximum Gasteiger partial charge on any atom is 0.230 e. The van der Waals surface area contributed by atoms with Crippen LogP contribution in [0, 0.1) is 11.7 Å². The van der Waals surface area contributed by atoms with Crippen LogP contribution in [0.3, 0.4) is 0 Å². The Morgan fingerprint density at radius 2 is 1.96 bits per heavy atom. The Kier molecular flexibility index (Phi) is 4.76. The molecule has 0 aliphatic carbocycles. The van der Waals surface area contributed by atoms with E-state index in [1.807, 2.05) is 4.90 Å². The van der Waals surface area contributed by atoms with E-state index in [4.69, 9.17) is 4.42 Å². The fraction of sp³-hybridized carbons (Fsp3) is 0.389. The molecule has 3 rings (SSSR count). The van der Waals surface area contributed by atoms with Crippen molar-refractivity contribution in [3.63, 3.8) is 0 Å². The van der Waals surface area contributed by atoms with Crippen molar-refractivity contribution in [3.8, 4) is 0 Å². The zero-order chi connectivity index (χ0) is 16.2. The standard InChI is InChI=1S/C18H20FNO3/c19-15-5-3-13(4-6-15)18(22)14-7-9-20(10-8-14)17(21)12-16-2-1-11-23-16/h1-6,11,14,18,22H,7-10,12H2. The minimum Gasteiger partial charge on any atom is -0.469 e. The summed E-state index contributed by atoms with van der Waals surface area (Å²) in [5, 5.41) is 10.4. The van der Waals surface area contributed by atoms with Crippen molar-refractivity contribution in [2.75, 3.05) is 13.1 Å². The first-order valence-corrected chi connectivity index (χ1v) is 7.87. The summed E-state index contributed by atoms with van der Waals surface area (Å²) in [6.45, 7) is 1.25. The number of piperidine rings is 1. The minimum atomic E-state index is -0.613. The Morgan fingerprint density at radius 1 is 1.26 bits per heavy atom. The van der Waals surface area contributed by atoms with Crippen molar-refractivity contribution in [1.82, 2.24) is 4.90 Å². The third-order valence-corrected chi connectivity index (χ3v) is 4.46. The first kappa shape index (κ1) is 15.7. The second-order valence-electron chi connectivity index (χ2n) is 5.97. The molecule has 0 spiro atoms. The summed E-state index contributed by atoms with van der Waals surface area (Å²) >= 11 is 0. The van der Waals surface area contributed by atoms with E-state index in [0.717, 1.165) is 18.4 Å². The van der Waals surface area contributed by atoms with E-state index in [2.05, 4.69) is 0 Å². The Bertz CT molecular complexity index is 631. The van der Waals surface area contributed by atoms with Crippen LogP contribution < -0.4 is 0 Å². The second-order valence-corrected chi connectivity index (χ2v) is 5.97. The molecular formula is C18H20FNO3. The number of hydrogen-bond acceptors (Lipinski definition) is 3. The minimum absolute atomic E-state index is 0.0506. The van der Waals surface area contributed by atoms with E-state index in [1.165, 1.54) is 12.1 Å². The van der Waals surface area contributed by atoms with Crippen LogP contribution in [0.15, 0.2) is 47.1 Å². The van der Waals surface area contributed by atoms with Gasteiger partial charge in [0, 0.05) is 13.1 Å². The molecule has 1 N–H and O–H groups in total. The zero-order valence-corrected chi connectivity index (χ0v) is 12.8. The molecule has 1 aromatic carbocycles. The summed E-state index contributed by atoms with van der Waals surface area (Å²) in [5.74, 6) is 0.505. The third kappa shape index (κ3) is 3.79. The Morgan fingerprint density at radius 3 is 2.57 bits per heavy atom. The molecule has 1 aliphatic heterocycles. The second kappa shape index (κ2) is 6.96. The lowest BCUT2D eigenvalue weighted by atomic mass is 9.87. The van der Waals surface area contributed by atoms with Gasteiger partial charge in [0.25, 0.3) is 0 Å². The van der Waals surface area contributed by atoms with Crippen molar-refractivity contribution < 1.29 is 18.7 Å². The topological polar surface area (TPSA) is 53.7 Å². The number of amides is 1. The van der Waals surface area contributed by atoms with Crippen LogP contribution in [-0.2, 0) is 11.2 Å². The summed E-state index contributed by atoms with van der Waals surface area (Å²) < 4.78 is 18.2. The number of rotatable bonds is 4. The van der Waals surface area contributed by atoms with Gasteiger partial charge in [0.05, 0.1) is 18.8 Å². The maximum atomic E-state index is 13.0. The van der Waals surface area contributed by atoms with Crippen molar-refractivity contribution in [3.05, 3.63) is 59.8 Å². The number of benzene rings is 1. The molecule has 1 saturated heterocycles. The average molecular weight is 317 g/mol. The summed E-state index contributed by atoms with van der Waals surface area (Å²) in [6.07, 6.45) is 2.70. The predicted octanol–water partition coefficient (Wildman–Crippen LogP) is 2.93. The highest BCUT2D eigenvalue weighted by molar-refractivity contribution is 5.78. The zero-order valence-electron chi connectivity index (χ0n) is 12.8. The fourth-order valence-corrected chi connectivity index (χ4v) is 3.07. The normalized spacial score (nSPS) is 17.2. The van der Waals surface area contributed by atoms with Crippen LogP contribution in [0.5, 0.6) is 0 Å². The van der Waals surface area contributed by atoms with Crippen LogP contribution in [0.25, 0.3) is 0 Å². The number of aliphatic hydroxyl groups excluding tert-OH is 1. The average Bonchev–Trinajstić information content (AvgIpc) is 3.08. The van der Waals surface area contributed by atoms with E-state index >= 15 is 0 Å². The van der Waals surface area contributed by atoms with Crippen LogP contribution in [0.1, 0.15) is 30.3 Å². The van der Waals surface area contributed by atoms with Crippen LogP contribution in [-0.4, -0.2) is 29.0 Å². The van der Waals surface area contributed by atoms with Gasteiger partial charge in [-0.2, -0.15) is 0 Å². The van der Waals surface area contributed by atoms with Crippen LogP contribution >= 0.6 is 0 Å². The molecular weight excluding hydrogens is 297 g/mol. The van der Waals surface area contributed by atoms with E-state index in [-0.39, 0.29) is 24.1 Å². The first-order chi connectivity index (χ1) is 11.1. The molecule has 2 aromatic rings. The van der Waals surface area contributed by atoms with Gasteiger partial charge >= 0.3 is 0 Å². The van der Waals surface area contributed by atoms with Gasteiger partial charge in [0.15, 0.2) is 0 Å². The quantitative estimate of drug-likeness (QED) is 0.943. The predicted molar refractivity (Wildman–Crippen MR) is 83.1 cm³/mol. The monoisotopic (exact) mass is 317 g/mol. The Hall–Kier alpha value is -2.14. The summed E-state index contributed by atoms with van der Waals surface area (Å²) in [6, 6.07) is 9.53. The van der Waals surface area contributed by atoms with Gasteiger partial charge in [-0.05, 0) is 48.6 Å². The van der Waals surface area contributed by atoms with Crippen LogP contribution in [0.2, 0.25) is 0 Å². The van der Waals surface area contributed by atoms with Gasteiger partial charge in [0.2, 0.25) is 5.91 Å². The Balaban J connectivity index is 1.53. The summed E-state index contributed by atoms with van der Waals surface area (Å²) in [5.41, 5.74) is 0.728. The molecule has 1 unspecified atom stereocenters. The molecule has 0 radical (unpaired) electrons.